The van der Waals surface area contributed by atoms with Gasteiger partial charge in [0.15, 0.2) is 5.96 Å². The molecule has 3 aromatic heterocycles. The predicted octanol–water partition coefficient (Wildman–Crippen LogP) is 1.50. The number of guanidine groups is 1. The van der Waals surface area contributed by atoms with Crippen LogP contribution in [0.3, 0.4) is 0 Å². The van der Waals surface area contributed by atoms with Crippen LogP contribution in [0, 0.1) is 11.8 Å². The van der Waals surface area contributed by atoms with Crippen molar-refractivity contribution in [1.82, 2.24) is 52.2 Å². The molecule has 0 saturated heterocycles. The number of benzene rings is 3. The first kappa shape index (κ1) is 67.8. The van der Waals surface area contributed by atoms with E-state index in [2.05, 4.69) is 57.2 Å². The highest BCUT2D eigenvalue weighted by Gasteiger charge is 2.36. The van der Waals surface area contributed by atoms with E-state index in [1.165, 1.54) is 0 Å². The van der Waals surface area contributed by atoms with Crippen LogP contribution in [-0.2, 0) is 62.4 Å². The molecule has 26 nitrogen and oxygen atoms in total. The molecule has 0 saturated carbocycles. The van der Waals surface area contributed by atoms with Gasteiger partial charge >= 0.3 is 5.97 Å². The first-order valence-corrected chi connectivity index (χ1v) is 29.8. The van der Waals surface area contributed by atoms with Crippen molar-refractivity contribution >= 4 is 91.9 Å². The summed E-state index contributed by atoms with van der Waals surface area (Å²) < 4.78 is 0. The van der Waals surface area contributed by atoms with Gasteiger partial charge in [0.1, 0.15) is 42.3 Å². The lowest BCUT2D eigenvalue weighted by molar-refractivity contribution is -0.142. The maximum atomic E-state index is 15.1. The number of H-pyrrole nitrogens is 3. The molecule has 8 atom stereocenters. The molecule has 0 bridgehead atoms. The lowest BCUT2D eigenvalue weighted by Gasteiger charge is -2.29. The molecule has 0 spiro atoms. The van der Waals surface area contributed by atoms with E-state index in [4.69, 9.17) is 28.7 Å². The number of carbonyl (C=O) groups is 9. The van der Waals surface area contributed by atoms with Crippen molar-refractivity contribution in [1.29, 1.82) is 0 Å². The van der Waals surface area contributed by atoms with Gasteiger partial charge in [-0.3, -0.25) is 43.3 Å². The fourth-order valence-corrected chi connectivity index (χ4v) is 10.5. The van der Waals surface area contributed by atoms with Gasteiger partial charge in [0, 0.05) is 83.5 Å². The Morgan fingerprint density at radius 2 is 0.830 bits per heavy atom. The second kappa shape index (κ2) is 33.0. The molecule has 3 heterocycles. The van der Waals surface area contributed by atoms with Gasteiger partial charge in [-0.1, -0.05) is 88.7 Å². The van der Waals surface area contributed by atoms with Gasteiger partial charge in [0.05, 0.1) is 6.04 Å². The van der Waals surface area contributed by atoms with Gasteiger partial charge in [-0.15, -0.1) is 0 Å². The number of para-hydroxylation sites is 3. The van der Waals surface area contributed by atoms with Crippen LogP contribution in [0.25, 0.3) is 32.7 Å². The van der Waals surface area contributed by atoms with E-state index < -0.39 is 102 Å². The Balaban J connectivity index is 1.29. The van der Waals surface area contributed by atoms with Crippen LogP contribution in [0.1, 0.15) is 102 Å². The van der Waals surface area contributed by atoms with Crippen LogP contribution >= 0.6 is 0 Å². The third-order valence-corrected chi connectivity index (χ3v) is 15.1. The quantitative estimate of drug-likeness (QED) is 0.0151. The minimum atomic E-state index is -1.44. The maximum Gasteiger partial charge on any atom is 0.326 e. The van der Waals surface area contributed by atoms with Crippen LogP contribution < -0.4 is 65.9 Å². The standard InChI is InChI=1S/C62H86N16O10/c1-34(2)26-48(57(83)77-51(29-37-32-70-44-19-9-6-15-40(37)44)60(86)75-49(27-35(3)4)58(84)78-52(61(87)88)30-38-33-71-45-20-10-7-16-41(38)45)74-59(85)50(28-36-31-69-43-18-8-5-14-39(36)43)76-55(81)46(21-13-25-68-62(66)67)73-56(82)47(22-23-53(65)79)72-54(80)42(64)17-11-12-24-63/h5-10,14-16,18-20,31-35,42,46-52,69-71H,11-13,17,21-30,63-64H2,1-4H3,(H2,65,79)(H,72,80)(H,73,82)(H,74,85)(H,75,86)(H,76,81)(H,77,83)(H,78,84)(H,87,88)(H4,66,67,68)/t42-,46-,47+,48-,49-,50+,51+,52+/m0/s1. The fraction of sp³-hybridized carbons (Fsp3) is 0.452. The van der Waals surface area contributed by atoms with E-state index in [0.717, 1.165) is 32.7 Å². The SMILES string of the molecule is CC(C)C[C@H](NC(=O)[C@@H](Cc1c[nH]c2ccccc12)NC(=O)[C@H](CC(C)C)NC(=O)[C@@H](Cc1c[nH]c2ccccc12)NC(=O)[C@H](CCCN=C(N)N)NC(=O)[C@@H](CCC(N)=O)NC(=O)[C@@H](N)CCCCN)C(=O)N[C@H](Cc1c[nH]c2ccccc12)C(=O)O. The molecule has 88 heavy (non-hydrogen) atoms. The Bertz CT molecular complexity index is 3400. The normalized spacial score (nSPS) is 14.2. The number of aliphatic imine (C=N–C) groups is 1. The number of primary amides is 1. The van der Waals surface area contributed by atoms with Gasteiger partial charge in [0.2, 0.25) is 47.3 Å². The summed E-state index contributed by atoms with van der Waals surface area (Å²) in [6.45, 7) is 7.76. The number of unbranched alkanes of at least 4 members (excludes halogenated alkanes) is 1. The van der Waals surface area contributed by atoms with E-state index in [9.17, 15) is 43.5 Å². The average Bonchev–Trinajstić information content (AvgIpc) is 4.45. The minimum Gasteiger partial charge on any atom is -0.480 e. The van der Waals surface area contributed by atoms with Crippen LogP contribution in [0.4, 0.5) is 0 Å². The van der Waals surface area contributed by atoms with Crippen LogP contribution in [0.5, 0.6) is 0 Å². The Morgan fingerprint density at radius 3 is 1.24 bits per heavy atom. The summed E-state index contributed by atoms with van der Waals surface area (Å²) in [7, 11) is 0. The molecule has 474 valence electrons. The van der Waals surface area contributed by atoms with Crippen molar-refractivity contribution in [3.63, 3.8) is 0 Å². The lowest BCUT2D eigenvalue weighted by atomic mass is 9.98. The number of hydrogen-bond donors (Lipinski definition) is 16. The number of carboxylic acids is 1. The summed E-state index contributed by atoms with van der Waals surface area (Å²) in [5, 5.41) is 31.9. The summed E-state index contributed by atoms with van der Waals surface area (Å²) in [5.74, 6) is -8.16. The predicted molar refractivity (Wildman–Crippen MR) is 335 cm³/mol. The van der Waals surface area contributed by atoms with E-state index in [1.54, 1.807) is 24.7 Å². The zero-order valence-corrected chi connectivity index (χ0v) is 50.3. The van der Waals surface area contributed by atoms with Crippen LogP contribution in [-0.4, -0.2) is 141 Å². The van der Waals surface area contributed by atoms with Gasteiger partial charge in [-0.05, 0) is 98.2 Å². The molecule has 26 heteroatoms. The van der Waals surface area contributed by atoms with Crippen molar-refractivity contribution in [3.8, 4) is 0 Å². The number of rotatable bonds is 36. The van der Waals surface area contributed by atoms with E-state index >= 15 is 4.79 Å². The second-order valence-electron chi connectivity index (χ2n) is 23.1. The fourth-order valence-electron chi connectivity index (χ4n) is 10.5. The topological polar surface area (TPSA) is 448 Å². The molecule has 6 rings (SSSR count). The Hall–Kier alpha value is -9.30. The molecule has 0 unspecified atom stereocenters. The number of amides is 8. The van der Waals surface area contributed by atoms with Gasteiger partial charge in [0.25, 0.3) is 0 Å². The molecule has 6 aromatic rings. The average molecular weight is 1220 g/mol. The highest BCUT2D eigenvalue weighted by molar-refractivity contribution is 5.99. The Morgan fingerprint density at radius 1 is 0.466 bits per heavy atom. The van der Waals surface area contributed by atoms with Crippen molar-refractivity contribution in [2.45, 2.75) is 153 Å². The van der Waals surface area contributed by atoms with Crippen LogP contribution in [0.2, 0.25) is 0 Å². The van der Waals surface area contributed by atoms with Gasteiger partial charge < -0.3 is 85.9 Å². The number of carboxylic acid groups (broad SMARTS) is 1. The summed E-state index contributed by atoms with van der Waals surface area (Å²) in [6.07, 6.45) is 5.82. The Labute approximate surface area is 510 Å². The summed E-state index contributed by atoms with van der Waals surface area (Å²) in [5.41, 5.74) is 32.6. The summed E-state index contributed by atoms with van der Waals surface area (Å²) in [4.78, 5) is 140. The number of aliphatic carboxylic acids is 1. The van der Waals surface area contributed by atoms with Gasteiger partial charge in [-0.25, -0.2) is 4.79 Å². The number of nitrogens with one attached hydrogen (secondary N) is 10. The largest absolute Gasteiger partial charge is 0.480 e. The molecule has 0 aliphatic rings. The number of nitrogens with zero attached hydrogens (tertiary/aromatic N) is 1. The van der Waals surface area contributed by atoms with E-state index in [1.807, 2.05) is 94.4 Å². The van der Waals surface area contributed by atoms with Crippen molar-refractivity contribution in [3.05, 3.63) is 108 Å². The molecule has 3 aromatic carbocycles. The second-order valence-corrected chi connectivity index (χ2v) is 23.1. The number of aromatic nitrogens is 3. The van der Waals surface area contributed by atoms with Gasteiger partial charge in [-0.2, -0.15) is 0 Å². The zero-order valence-electron chi connectivity index (χ0n) is 50.3. The first-order valence-electron chi connectivity index (χ1n) is 29.8. The number of carbonyl (C=O) groups excluding carboxylic acids is 8. The molecular weight excluding hydrogens is 1130 g/mol. The number of aromatic amines is 3. The molecular formula is C62H86N16O10. The van der Waals surface area contributed by atoms with E-state index in [-0.39, 0.29) is 88.5 Å². The number of nitrogens with two attached hydrogens (primary N) is 5. The van der Waals surface area contributed by atoms with Crippen molar-refractivity contribution in [2.24, 2.45) is 45.5 Å². The number of hydrogen-bond acceptors (Lipinski definition) is 12. The third kappa shape index (κ3) is 20.1. The lowest BCUT2D eigenvalue weighted by Crippen LogP contribution is -2.61. The van der Waals surface area contributed by atoms with Crippen molar-refractivity contribution in [2.75, 3.05) is 13.1 Å². The zero-order chi connectivity index (χ0) is 64.0. The molecule has 0 aliphatic heterocycles. The molecule has 0 radical (unpaired) electrons. The highest BCUT2D eigenvalue weighted by Crippen LogP contribution is 2.23. The third-order valence-electron chi connectivity index (χ3n) is 15.1. The smallest absolute Gasteiger partial charge is 0.326 e. The summed E-state index contributed by atoms with van der Waals surface area (Å²) in [6, 6.07) is 11.4. The monoisotopic (exact) mass is 1210 g/mol. The van der Waals surface area contributed by atoms with E-state index in [0.29, 0.717) is 36.1 Å². The molecule has 0 fully saturated rings. The maximum absolute atomic E-state index is 15.1. The Kier molecular flexibility index (Phi) is 25.4. The number of fused-ring (bicyclic) bond motifs is 3. The minimum absolute atomic E-state index is 0.0370. The van der Waals surface area contributed by atoms with Crippen molar-refractivity contribution < 1.29 is 48.3 Å². The molecule has 8 amide bonds. The highest BCUT2D eigenvalue weighted by atomic mass is 16.4. The van der Waals surface area contributed by atoms with Crippen LogP contribution in [0.15, 0.2) is 96.4 Å². The summed E-state index contributed by atoms with van der Waals surface area (Å²) >= 11 is 0. The first-order chi connectivity index (χ1) is 42.0. The molecule has 21 N–H and O–H groups in total. The molecule has 0 aliphatic carbocycles.